The summed E-state index contributed by atoms with van der Waals surface area (Å²) in [5.74, 6) is 0.772. The Morgan fingerprint density at radius 3 is 2.39 bits per heavy atom. The molecule has 0 radical (unpaired) electrons. The van der Waals surface area contributed by atoms with Crippen LogP contribution in [0.15, 0.2) is 42.5 Å². The first-order valence-electron chi connectivity index (χ1n) is 5.70. The molecule has 0 aromatic heterocycles. The standard InChI is InChI=1S/C15H15ClO2/c1-10-13(4-3-5-14(10)16)15(17)11-6-8-12(18-2)9-7-11/h3-9,15,17H,1-2H3. The van der Waals surface area contributed by atoms with E-state index in [2.05, 4.69) is 0 Å². The molecule has 0 heterocycles. The number of hydrogen-bond donors (Lipinski definition) is 1. The maximum Gasteiger partial charge on any atom is 0.118 e. The summed E-state index contributed by atoms with van der Waals surface area (Å²) in [5.41, 5.74) is 2.55. The molecule has 0 fully saturated rings. The topological polar surface area (TPSA) is 29.5 Å². The van der Waals surface area contributed by atoms with Gasteiger partial charge in [0.05, 0.1) is 7.11 Å². The molecule has 0 amide bonds. The summed E-state index contributed by atoms with van der Waals surface area (Å²) >= 11 is 6.06. The number of aliphatic hydroxyl groups excluding tert-OH is 1. The first-order chi connectivity index (χ1) is 8.63. The molecule has 1 atom stereocenters. The van der Waals surface area contributed by atoms with Crippen molar-refractivity contribution in [2.24, 2.45) is 0 Å². The first kappa shape index (κ1) is 12.9. The maximum atomic E-state index is 10.4. The van der Waals surface area contributed by atoms with Gasteiger partial charge in [0.15, 0.2) is 0 Å². The molecule has 0 aliphatic carbocycles. The summed E-state index contributed by atoms with van der Waals surface area (Å²) < 4.78 is 5.09. The van der Waals surface area contributed by atoms with Crippen molar-refractivity contribution in [1.82, 2.24) is 0 Å². The van der Waals surface area contributed by atoms with Gasteiger partial charge in [0.25, 0.3) is 0 Å². The molecular formula is C15H15ClO2. The summed E-state index contributed by atoms with van der Waals surface area (Å²) in [6, 6.07) is 12.9. The van der Waals surface area contributed by atoms with Gasteiger partial charge in [-0.25, -0.2) is 0 Å². The fourth-order valence-electron chi connectivity index (χ4n) is 1.89. The van der Waals surface area contributed by atoms with E-state index in [-0.39, 0.29) is 0 Å². The monoisotopic (exact) mass is 262 g/mol. The van der Waals surface area contributed by atoms with Gasteiger partial charge in [0.2, 0.25) is 0 Å². The molecule has 94 valence electrons. The molecule has 0 aliphatic heterocycles. The largest absolute Gasteiger partial charge is 0.497 e. The maximum absolute atomic E-state index is 10.4. The molecule has 18 heavy (non-hydrogen) atoms. The van der Waals surface area contributed by atoms with Crippen LogP contribution in [0.5, 0.6) is 5.75 Å². The fourth-order valence-corrected chi connectivity index (χ4v) is 2.07. The molecule has 1 N–H and O–H groups in total. The van der Waals surface area contributed by atoms with Crippen LogP contribution in [0.1, 0.15) is 22.8 Å². The van der Waals surface area contributed by atoms with Crippen LogP contribution in [0.2, 0.25) is 5.02 Å². The van der Waals surface area contributed by atoms with E-state index in [0.717, 1.165) is 22.4 Å². The van der Waals surface area contributed by atoms with E-state index in [1.54, 1.807) is 7.11 Å². The van der Waals surface area contributed by atoms with Crippen LogP contribution in [0, 0.1) is 6.92 Å². The van der Waals surface area contributed by atoms with Crippen LogP contribution in [0.3, 0.4) is 0 Å². The van der Waals surface area contributed by atoms with Gasteiger partial charge in [-0.15, -0.1) is 0 Å². The quantitative estimate of drug-likeness (QED) is 0.913. The second-order valence-electron chi connectivity index (χ2n) is 4.13. The molecule has 3 heteroatoms. The van der Waals surface area contributed by atoms with Crippen molar-refractivity contribution < 1.29 is 9.84 Å². The van der Waals surface area contributed by atoms with Gasteiger partial charge in [-0.05, 0) is 41.8 Å². The fraction of sp³-hybridized carbons (Fsp3) is 0.200. The van der Waals surface area contributed by atoms with Gasteiger partial charge >= 0.3 is 0 Å². The van der Waals surface area contributed by atoms with Crippen molar-refractivity contribution in [1.29, 1.82) is 0 Å². The van der Waals surface area contributed by atoms with E-state index in [1.807, 2.05) is 49.4 Å². The molecule has 1 unspecified atom stereocenters. The smallest absolute Gasteiger partial charge is 0.118 e. The average molecular weight is 263 g/mol. The summed E-state index contributed by atoms with van der Waals surface area (Å²) in [6.45, 7) is 1.91. The van der Waals surface area contributed by atoms with Crippen LogP contribution in [-0.4, -0.2) is 12.2 Å². The molecule has 0 aliphatic rings. The molecule has 2 nitrogen and oxygen atoms in total. The highest BCUT2D eigenvalue weighted by atomic mass is 35.5. The van der Waals surface area contributed by atoms with Gasteiger partial charge < -0.3 is 9.84 Å². The Labute approximate surface area is 112 Å². The van der Waals surface area contributed by atoms with Gasteiger partial charge in [0.1, 0.15) is 11.9 Å². The second kappa shape index (κ2) is 5.42. The Kier molecular flexibility index (Phi) is 3.90. The summed E-state index contributed by atoms with van der Waals surface area (Å²) in [4.78, 5) is 0. The number of hydrogen-bond acceptors (Lipinski definition) is 2. The lowest BCUT2D eigenvalue weighted by Gasteiger charge is -2.15. The SMILES string of the molecule is COc1ccc(C(O)c2cccc(Cl)c2C)cc1. The van der Waals surface area contributed by atoms with Crippen molar-refractivity contribution in [3.8, 4) is 5.75 Å². The highest BCUT2D eigenvalue weighted by Gasteiger charge is 2.14. The van der Waals surface area contributed by atoms with E-state index in [1.165, 1.54) is 0 Å². The molecule has 0 saturated carbocycles. The number of ether oxygens (including phenoxy) is 1. The summed E-state index contributed by atoms with van der Waals surface area (Å²) in [6.07, 6.45) is -0.672. The van der Waals surface area contributed by atoms with E-state index >= 15 is 0 Å². The van der Waals surface area contributed by atoms with Crippen molar-refractivity contribution in [2.75, 3.05) is 7.11 Å². The van der Waals surface area contributed by atoms with Crippen LogP contribution in [0.25, 0.3) is 0 Å². The molecule has 0 saturated heterocycles. The van der Waals surface area contributed by atoms with E-state index in [9.17, 15) is 5.11 Å². The summed E-state index contributed by atoms with van der Waals surface area (Å²) in [7, 11) is 1.62. The number of benzene rings is 2. The Balaban J connectivity index is 2.35. The van der Waals surface area contributed by atoms with Gasteiger partial charge in [0, 0.05) is 5.02 Å². The van der Waals surface area contributed by atoms with Crippen LogP contribution < -0.4 is 4.74 Å². The van der Waals surface area contributed by atoms with Crippen LogP contribution in [0.4, 0.5) is 0 Å². The number of halogens is 1. The zero-order chi connectivity index (χ0) is 13.1. The molecule has 2 aromatic rings. The minimum absolute atomic E-state index is 0.667. The van der Waals surface area contributed by atoms with Crippen LogP contribution >= 0.6 is 11.6 Å². The number of aliphatic hydroxyl groups is 1. The first-order valence-corrected chi connectivity index (χ1v) is 6.08. The van der Waals surface area contributed by atoms with Crippen molar-refractivity contribution in [3.63, 3.8) is 0 Å². The lowest BCUT2D eigenvalue weighted by Crippen LogP contribution is -2.02. The minimum atomic E-state index is -0.672. The Morgan fingerprint density at radius 1 is 1.11 bits per heavy atom. The highest BCUT2D eigenvalue weighted by molar-refractivity contribution is 6.31. The van der Waals surface area contributed by atoms with E-state index in [0.29, 0.717) is 5.02 Å². The Morgan fingerprint density at radius 2 is 1.78 bits per heavy atom. The minimum Gasteiger partial charge on any atom is -0.497 e. The number of methoxy groups -OCH3 is 1. The van der Waals surface area contributed by atoms with Crippen molar-refractivity contribution >= 4 is 11.6 Å². The van der Waals surface area contributed by atoms with E-state index < -0.39 is 6.10 Å². The normalized spacial score (nSPS) is 12.2. The highest BCUT2D eigenvalue weighted by Crippen LogP contribution is 2.29. The predicted octanol–water partition coefficient (Wildman–Crippen LogP) is 3.74. The third kappa shape index (κ3) is 2.50. The van der Waals surface area contributed by atoms with E-state index in [4.69, 9.17) is 16.3 Å². The zero-order valence-corrected chi connectivity index (χ0v) is 11.1. The molecule has 0 spiro atoms. The Hall–Kier alpha value is -1.51. The lowest BCUT2D eigenvalue weighted by molar-refractivity contribution is 0.219. The molecule has 0 bridgehead atoms. The average Bonchev–Trinajstić information content (AvgIpc) is 2.41. The van der Waals surface area contributed by atoms with Crippen LogP contribution in [-0.2, 0) is 0 Å². The third-order valence-corrected chi connectivity index (χ3v) is 3.45. The molecule has 2 aromatic carbocycles. The lowest BCUT2D eigenvalue weighted by atomic mass is 9.97. The third-order valence-electron chi connectivity index (χ3n) is 3.04. The molecular weight excluding hydrogens is 248 g/mol. The molecule has 2 rings (SSSR count). The van der Waals surface area contributed by atoms with Gasteiger partial charge in [-0.1, -0.05) is 35.9 Å². The number of rotatable bonds is 3. The predicted molar refractivity (Wildman–Crippen MR) is 73.2 cm³/mol. The van der Waals surface area contributed by atoms with Crippen molar-refractivity contribution in [2.45, 2.75) is 13.0 Å². The van der Waals surface area contributed by atoms with Gasteiger partial charge in [-0.2, -0.15) is 0 Å². The van der Waals surface area contributed by atoms with Gasteiger partial charge in [-0.3, -0.25) is 0 Å². The van der Waals surface area contributed by atoms with Crippen molar-refractivity contribution in [3.05, 3.63) is 64.2 Å². The Bertz CT molecular complexity index is 535. The second-order valence-corrected chi connectivity index (χ2v) is 4.54. The zero-order valence-electron chi connectivity index (χ0n) is 10.4. The summed E-state index contributed by atoms with van der Waals surface area (Å²) in [5, 5.41) is 11.0.